The van der Waals surface area contributed by atoms with Crippen LogP contribution < -0.4 is 0 Å². The van der Waals surface area contributed by atoms with Crippen molar-refractivity contribution in [2.24, 2.45) is 0 Å². The number of unbranched alkanes of at least 4 members (excludes halogenated alkanes) is 23. The first-order valence-electron chi connectivity index (χ1n) is 23.6. The third-order valence-corrected chi connectivity index (χ3v) is 11.6. The van der Waals surface area contributed by atoms with Crippen LogP contribution in [0.25, 0.3) is 0 Å². The first kappa shape index (κ1) is 54.1. The van der Waals surface area contributed by atoms with E-state index in [0.717, 1.165) is 38.5 Å². The Morgan fingerprint density at radius 2 is 0.898 bits per heavy atom. The van der Waals surface area contributed by atoms with Gasteiger partial charge in [-0.1, -0.05) is 162 Å². The fourth-order valence-electron chi connectivity index (χ4n) is 7.70. The van der Waals surface area contributed by atoms with E-state index >= 15 is 0 Å². The Labute approximate surface area is 355 Å². The molecule has 350 valence electrons. The van der Waals surface area contributed by atoms with Crippen LogP contribution in [0, 0.1) is 0 Å². The summed E-state index contributed by atoms with van der Waals surface area (Å²) in [5, 5.41) is 71.9. The zero-order valence-corrected chi connectivity index (χ0v) is 36.8. The maximum atomic E-state index is 12.9. The molecule has 0 bridgehead atoms. The standard InChI is InChI=1S/C45H86O14/c1-3-5-7-9-11-13-15-16-17-18-20-22-24-26-28-37(47)57-34(31-54-29-27-25-23-21-19-14-12-10-8-6-4-2)32-55-44-43(53)41(51)39(49)36(59-44)33-56-45-42(52)40(50)38(48)35(30-46)58-45/h34-36,38-46,48-53H,3-33H2,1-2H3. The third kappa shape index (κ3) is 23.3. The van der Waals surface area contributed by atoms with E-state index in [-0.39, 0.29) is 25.6 Å². The van der Waals surface area contributed by atoms with Gasteiger partial charge in [-0.2, -0.15) is 0 Å². The molecule has 0 aromatic heterocycles. The van der Waals surface area contributed by atoms with Gasteiger partial charge in [0, 0.05) is 13.0 Å². The molecule has 0 aromatic rings. The molecule has 0 aliphatic carbocycles. The SMILES string of the molecule is CCCCCCCCCCCCCCCCC(=O)OC(COCCCCCCCCCCCCC)COC1OC(COC2OC(CO)C(O)C(O)C2O)C(O)C(O)C1O. The van der Waals surface area contributed by atoms with Crippen LogP contribution in [-0.4, -0.2) is 142 Å². The average molecular weight is 851 g/mol. The van der Waals surface area contributed by atoms with Gasteiger partial charge in [-0.25, -0.2) is 0 Å². The van der Waals surface area contributed by atoms with Crippen molar-refractivity contribution in [3.8, 4) is 0 Å². The van der Waals surface area contributed by atoms with Gasteiger partial charge in [-0.15, -0.1) is 0 Å². The fraction of sp³-hybridized carbons (Fsp3) is 0.978. The Morgan fingerprint density at radius 1 is 0.492 bits per heavy atom. The van der Waals surface area contributed by atoms with E-state index in [4.69, 9.17) is 28.4 Å². The minimum absolute atomic E-state index is 0.0693. The molecule has 7 N–H and O–H groups in total. The highest BCUT2D eigenvalue weighted by Gasteiger charge is 2.47. The van der Waals surface area contributed by atoms with Crippen LogP contribution >= 0.6 is 0 Å². The summed E-state index contributed by atoms with van der Waals surface area (Å²) >= 11 is 0. The van der Waals surface area contributed by atoms with Gasteiger partial charge in [-0.3, -0.25) is 4.79 Å². The fourth-order valence-corrected chi connectivity index (χ4v) is 7.70. The monoisotopic (exact) mass is 851 g/mol. The van der Waals surface area contributed by atoms with E-state index in [1.807, 2.05) is 0 Å². The molecule has 2 saturated heterocycles. The van der Waals surface area contributed by atoms with Crippen molar-refractivity contribution in [2.75, 3.05) is 33.0 Å². The highest BCUT2D eigenvalue weighted by Crippen LogP contribution is 2.26. The molecule has 0 saturated carbocycles. The number of ether oxygens (including phenoxy) is 6. The van der Waals surface area contributed by atoms with Crippen molar-refractivity contribution in [3.63, 3.8) is 0 Å². The molecule has 0 aromatic carbocycles. The second kappa shape index (κ2) is 34.5. The minimum Gasteiger partial charge on any atom is -0.457 e. The van der Waals surface area contributed by atoms with Crippen molar-refractivity contribution in [1.29, 1.82) is 0 Å². The number of esters is 1. The molecule has 14 heteroatoms. The predicted octanol–water partition coefficient (Wildman–Crippen LogP) is 5.74. The minimum atomic E-state index is -1.70. The number of hydrogen-bond acceptors (Lipinski definition) is 14. The van der Waals surface area contributed by atoms with Crippen molar-refractivity contribution in [2.45, 2.75) is 248 Å². The van der Waals surface area contributed by atoms with Gasteiger partial charge >= 0.3 is 5.97 Å². The highest BCUT2D eigenvalue weighted by atomic mass is 16.7. The molecule has 14 nitrogen and oxygen atoms in total. The molecule has 11 atom stereocenters. The average Bonchev–Trinajstić information content (AvgIpc) is 3.23. The van der Waals surface area contributed by atoms with Gasteiger partial charge in [0.1, 0.15) is 54.9 Å². The first-order chi connectivity index (χ1) is 28.6. The van der Waals surface area contributed by atoms with Crippen molar-refractivity contribution < 1.29 is 69.0 Å². The van der Waals surface area contributed by atoms with Gasteiger partial charge in [0.15, 0.2) is 12.6 Å². The molecule has 59 heavy (non-hydrogen) atoms. The number of carbonyl (C=O) groups is 1. The summed E-state index contributed by atoms with van der Waals surface area (Å²) in [7, 11) is 0. The lowest BCUT2D eigenvalue weighted by molar-refractivity contribution is -0.332. The molecule has 2 aliphatic heterocycles. The Balaban J connectivity index is 1.80. The van der Waals surface area contributed by atoms with Crippen molar-refractivity contribution in [3.05, 3.63) is 0 Å². The maximum absolute atomic E-state index is 12.9. The Kier molecular flexibility index (Phi) is 31.6. The summed E-state index contributed by atoms with van der Waals surface area (Å²) in [4.78, 5) is 12.9. The summed E-state index contributed by atoms with van der Waals surface area (Å²) in [6.45, 7) is 3.70. The second-order valence-electron chi connectivity index (χ2n) is 16.9. The smallest absolute Gasteiger partial charge is 0.306 e. The lowest BCUT2D eigenvalue weighted by Crippen LogP contribution is -2.61. The summed E-state index contributed by atoms with van der Waals surface area (Å²) in [5.41, 5.74) is 0. The normalized spacial score (nSPS) is 27.9. The van der Waals surface area contributed by atoms with Crippen LogP contribution in [0.1, 0.15) is 181 Å². The predicted molar refractivity (Wildman–Crippen MR) is 224 cm³/mol. The lowest BCUT2D eigenvalue weighted by Gasteiger charge is -2.42. The molecule has 2 aliphatic rings. The zero-order chi connectivity index (χ0) is 43.1. The summed E-state index contributed by atoms with van der Waals surface area (Å²) in [5.74, 6) is -0.373. The summed E-state index contributed by atoms with van der Waals surface area (Å²) in [6, 6.07) is 0. The molecular weight excluding hydrogens is 764 g/mol. The Hall–Kier alpha value is -1.01. The van der Waals surface area contributed by atoms with Gasteiger partial charge in [0.2, 0.25) is 0 Å². The van der Waals surface area contributed by atoms with Gasteiger partial charge in [-0.05, 0) is 12.8 Å². The lowest BCUT2D eigenvalue weighted by atomic mass is 9.98. The number of hydrogen-bond donors (Lipinski definition) is 7. The largest absolute Gasteiger partial charge is 0.457 e. The number of rotatable bonds is 37. The van der Waals surface area contributed by atoms with Crippen LogP contribution in [0.2, 0.25) is 0 Å². The second-order valence-corrected chi connectivity index (χ2v) is 16.9. The molecule has 2 rings (SSSR count). The third-order valence-electron chi connectivity index (χ3n) is 11.6. The van der Waals surface area contributed by atoms with Crippen LogP contribution in [0.3, 0.4) is 0 Å². The van der Waals surface area contributed by atoms with Crippen LogP contribution in [0.4, 0.5) is 0 Å². The van der Waals surface area contributed by atoms with Crippen molar-refractivity contribution in [1.82, 2.24) is 0 Å². The van der Waals surface area contributed by atoms with E-state index in [1.165, 1.54) is 116 Å². The highest BCUT2D eigenvalue weighted by molar-refractivity contribution is 5.69. The zero-order valence-electron chi connectivity index (χ0n) is 36.8. The number of carbonyl (C=O) groups excluding carboxylic acids is 1. The van der Waals surface area contributed by atoms with Gasteiger partial charge < -0.3 is 64.2 Å². The molecule has 2 fully saturated rings. The molecule has 0 amide bonds. The summed E-state index contributed by atoms with van der Waals surface area (Å²) in [6.07, 6.45) is 14.5. The molecule has 0 spiro atoms. The van der Waals surface area contributed by atoms with E-state index in [1.54, 1.807) is 0 Å². The number of aliphatic hydroxyl groups is 7. The van der Waals surface area contributed by atoms with Crippen LogP contribution in [0.15, 0.2) is 0 Å². The van der Waals surface area contributed by atoms with E-state index in [9.17, 15) is 40.5 Å². The van der Waals surface area contributed by atoms with E-state index < -0.39 is 80.7 Å². The molecular formula is C45H86O14. The summed E-state index contributed by atoms with van der Waals surface area (Å²) < 4.78 is 34.2. The quantitative estimate of drug-likeness (QED) is 0.0294. The Bertz CT molecular complexity index is 990. The molecule has 0 radical (unpaired) electrons. The van der Waals surface area contributed by atoms with Crippen LogP contribution in [-0.2, 0) is 33.2 Å². The molecule has 11 unspecified atom stereocenters. The first-order valence-corrected chi connectivity index (χ1v) is 23.6. The maximum Gasteiger partial charge on any atom is 0.306 e. The topological polar surface area (TPSA) is 214 Å². The van der Waals surface area contributed by atoms with Gasteiger partial charge in [0.25, 0.3) is 0 Å². The van der Waals surface area contributed by atoms with E-state index in [0.29, 0.717) is 13.0 Å². The van der Waals surface area contributed by atoms with Gasteiger partial charge in [0.05, 0.1) is 26.4 Å². The molecule has 2 heterocycles. The van der Waals surface area contributed by atoms with E-state index in [2.05, 4.69) is 13.8 Å². The Morgan fingerprint density at radius 3 is 1.37 bits per heavy atom. The number of aliphatic hydroxyl groups excluding tert-OH is 7. The van der Waals surface area contributed by atoms with Crippen molar-refractivity contribution >= 4 is 5.97 Å². The van der Waals surface area contributed by atoms with Crippen LogP contribution in [0.5, 0.6) is 0 Å².